The number of aromatic amines is 1. The van der Waals surface area contributed by atoms with Crippen molar-refractivity contribution in [2.45, 2.75) is 26.8 Å². The summed E-state index contributed by atoms with van der Waals surface area (Å²) in [5.74, 6) is 1.35. The molecule has 1 aliphatic rings. The summed E-state index contributed by atoms with van der Waals surface area (Å²) in [7, 11) is 0. The minimum atomic E-state index is -0.124. The zero-order valence-corrected chi connectivity index (χ0v) is 18.0. The average molecular weight is 424 g/mol. The first-order valence-electron chi connectivity index (χ1n) is 10.1. The number of rotatable bonds is 6. The number of pyridine rings is 1. The summed E-state index contributed by atoms with van der Waals surface area (Å²) >= 11 is 5.59. The summed E-state index contributed by atoms with van der Waals surface area (Å²) in [6.45, 7) is 6.20. The van der Waals surface area contributed by atoms with E-state index >= 15 is 0 Å². The van der Waals surface area contributed by atoms with E-state index in [1.54, 1.807) is 0 Å². The Kier molecular flexibility index (Phi) is 5.90. The molecule has 0 fully saturated rings. The fourth-order valence-electron chi connectivity index (χ4n) is 3.63. The number of hydrogen-bond donors (Lipinski definition) is 2. The van der Waals surface area contributed by atoms with E-state index in [0.29, 0.717) is 28.7 Å². The zero-order chi connectivity index (χ0) is 21.1. The predicted octanol–water partition coefficient (Wildman–Crippen LogP) is 3.50. The quantitative estimate of drug-likeness (QED) is 0.592. The van der Waals surface area contributed by atoms with Gasteiger partial charge in [0.05, 0.1) is 12.1 Å². The van der Waals surface area contributed by atoms with Gasteiger partial charge >= 0.3 is 0 Å². The molecule has 0 saturated carbocycles. The molecule has 0 bridgehead atoms. The first-order chi connectivity index (χ1) is 14.5. The van der Waals surface area contributed by atoms with Crippen LogP contribution in [-0.4, -0.2) is 34.9 Å². The molecule has 0 spiro atoms. The van der Waals surface area contributed by atoms with Crippen molar-refractivity contribution in [2.24, 2.45) is 0 Å². The second kappa shape index (κ2) is 8.75. The molecule has 0 aliphatic carbocycles. The molecule has 4 rings (SSSR count). The average Bonchev–Trinajstić information content (AvgIpc) is 3.18. The molecule has 0 atom stereocenters. The maximum Gasteiger partial charge on any atom is 0.253 e. The van der Waals surface area contributed by atoms with Gasteiger partial charge in [0, 0.05) is 30.1 Å². The third-order valence-corrected chi connectivity index (χ3v) is 5.71. The molecule has 1 aromatic heterocycles. The van der Waals surface area contributed by atoms with Crippen LogP contribution in [0.2, 0.25) is 0 Å². The Morgan fingerprint density at radius 3 is 2.70 bits per heavy atom. The first kappa shape index (κ1) is 20.2. The van der Waals surface area contributed by atoms with Gasteiger partial charge in [0.25, 0.3) is 5.56 Å². The highest BCUT2D eigenvalue weighted by molar-refractivity contribution is 7.80. The van der Waals surface area contributed by atoms with E-state index in [-0.39, 0.29) is 12.4 Å². The highest BCUT2D eigenvalue weighted by Crippen LogP contribution is 2.35. The van der Waals surface area contributed by atoms with Crippen LogP contribution >= 0.6 is 12.2 Å². The first-order valence-corrected chi connectivity index (χ1v) is 10.5. The molecule has 1 aliphatic heterocycles. The second-order valence-corrected chi connectivity index (χ2v) is 7.74. The summed E-state index contributed by atoms with van der Waals surface area (Å²) in [5, 5.41) is 4.77. The van der Waals surface area contributed by atoms with Crippen LogP contribution in [0.4, 0.5) is 0 Å². The Balaban J connectivity index is 1.60. The lowest BCUT2D eigenvalue weighted by molar-refractivity contribution is 0.174. The van der Waals surface area contributed by atoms with Gasteiger partial charge in [-0.2, -0.15) is 0 Å². The molecule has 2 heterocycles. The fraction of sp³-hybridized carbons (Fsp3) is 0.304. The Morgan fingerprint density at radius 1 is 1.17 bits per heavy atom. The van der Waals surface area contributed by atoms with Gasteiger partial charge in [-0.3, -0.25) is 4.79 Å². The lowest BCUT2D eigenvalue weighted by atomic mass is 10.1. The minimum absolute atomic E-state index is 0.124. The topological polar surface area (TPSA) is 66.6 Å². The van der Waals surface area contributed by atoms with Crippen LogP contribution in [0.25, 0.3) is 10.9 Å². The number of fused-ring (bicyclic) bond motifs is 2. The molecule has 156 valence electrons. The van der Waals surface area contributed by atoms with Gasteiger partial charge in [0.2, 0.25) is 6.79 Å². The molecule has 2 aromatic carbocycles. The van der Waals surface area contributed by atoms with Gasteiger partial charge in [0.15, 0.2) is 16.6 Å². The smallest absolute Gasteiger partial charge is 0.253 e. The van der Waals surface area contributed by atoms with Crippen LogP contribution < -0.4 is 20.3 Å². The summed E-state index contributed by atoms with van der Waals surface area (Å²) < 4.78 is 10.9. The van der Waals surface area contributed by atoms with Gasteiger partial charge in [-0.05, 0) is 55.7 Å². The summed E-state index contributed by atoms with van der Waals surface area (Å²) in [5.41, 5.74) is 3.80. The zero-order valence-electron chi connectivity index (χ0n) is 17.2. The summed E-state index contributed by atoms with van der Waals surface area (Å²) in [4.78, 5) is 17.8. The van der Waals surface area contributed by atoms with Crippen LogP contribution in [0.15, 0.2) is 47.3 Å². The van der Waals surface area contributed by atoms with E-state index in [2.05, 4.69) is 34.3 Å². The largest absolute Gasteiger partial charge is 0.454 e. The van der Waals surface area contributed by atoms with Gasteiger partial charge in [-0.15, -0.1) is 0 Å². The number of nitrogens with zero attached hydrogens (tertiary/aromatic N) is 1. The van der Waals surface area contributed by atoms with Crippen LogP contribution in [0.5, 0.6) is 11.5 Å². The van der Waals surface area contributed by atoms with Crippen LogP contribution in [-0.2, 0) is 13.0 Å². The highest BCUT2D eigenvalue weighted by Gasteiger charge is 2.17. The number of ether oxygens (including phenoxy) is 2. The molecule has 2 N–H and O–H groups in total. The van der Waals surface area contributed by atoms with Crippen molar-refractivity contribution in [3.8, 4) is 11.5 Å². The standard InChI is InChI=1S/C23H25N3O3S/c1-3-24-23(30)26(9-8-16-7-5-4-6-15(16)2)13-18-10-17-11-20-21(29-14-28-20)12-19(17)25-22(18)27/h4-7,10-12H,3,8-9,13-14H2,1-2H3,(H,24,30)(H,25,27). The molecule has 0 saturated heterocycles. The molecule has 7 heteroatoms. The molecule has 3 aromatic rings. The van der Waals surface area contributed by atoms with Crippen molar-refractivity contribution in [3.05, 3.63) is 69.5 Å². The van der Waals surface area contributed by atoms with E-state index in [0.717, 1.165) is 30.4 Å². The maximum atomic E-state index is 12.8. The second-order valence-electron chi connectivity index (χ2n) is 7.35. The minimum Gasteiger partial charge on any atom is -0.454 e. The Hall–Kier alpha value is -3.06. The van der Waals surface area contributed by atoms with E-state index < -0.39 is 0 Å². The number of thiocarbonyl (C=S) groups is 1. The van der Waals surface area contributed by atoms with Crippen molar-refractivity contribution < 1.29 is 9.47 Å². The summed E-state index contributed by atoms with van der Waals surface area (Å²) in [6.07, 6.45) is 0.850. The lowest BCUT2D eigenvalue weighted by Crippen LogP contribution is -2.41. The van der Waals surface area contributed by atoms with E-state index in [1.165, 1.54) is 11.1 Å². The monoisotopic (exact) mass is 423 g/mol. The van der Waals surface area contributed by atoms with Gasteiger partial charge in [0.1, 0.15) is 0 Å². The predicted molar refractivity (Wildman–Crippen MR) is 122 cm³/mol. The molecule has 0 amide bonds. The molecular weight excluding hydrogens is 398 g/mol. The summed E-state index contributed by atoms with van der Waals surface area (Å²) in [6, 6.07) is 14.0. The van der Waals surface area contributed by atoms with Crippen LogP contribution in [0, 0.1) is 6.92 Å². The van der Waals surface area contributed by atoms with E-state index in [9.17, 15) is 4.79 Å². The van der Waals surface area contributed by atoms with Crippen LogP contribution in [0.3, 0.4) is 0 Å². The fourth-order valence-corrected chi connectivity index (χ4v) is 3.93. The maximum absolute atomic E-state index is 12.8. The van der Waals surface area contributed by atoms with E-state index in [1.807, 2.05) is 37.3 Å². The number of hydrogen-bond acceptors (Lipinski definition) is 4. The van der Waals surface area contributed by atoms with Crippen molar-refractivity contribution >= 4 is 28.2 Å². The molecular formula is C23H25N3O3S. The van der Waals surface area contributed by atoms with Crippen molar-refractivity contribution in [1.82, 2.24) is 15.2 Å². The number of aryl methyl sites for hydroxylation is 1. The third-order valence-electron chi connectivity index (χ3n) is 5.30. The Bertz CT molecular complexity index is 1140. The van der Waals surface area contributed by atoms with Gasteiger partial charge in [-0.1, -0.05) is 24.3 Å². The van der Waals surface area contributed by atoms with Crippen LogP contribution in [0.1, 0.15) is 23.6 Å². The number of benzene rings is 2. The van der Waals surface area contributed by atoms with Gasteiger partial charge in [-0.25, -0.2) is 0 Å². The Morgan fingerprint density at radius 2 is 1.93 bits per heavy atom. The normalized spacial score (nSPS) is 12.2. The molecule has 0 radical (unpaired) electrons. The van der Waals surface area contributed by atoms with Gasteiger partial charge < -0.3 is 24.7 Å². The van der Waals surface area contributed by atoms with Crippen molar-refractivity contribution in [2.75, 3.05) is 19.9 Å². The Labute approximate surface area is 180 Å². The number of nitrogens with one attached hydrogen (secondary N) is 2. The molecule has 6 nitrogen and oxygen atoms in total. The van der Waals surface area contributed by atoms with Crippen molar-refractivity contribution in [1.29, 1.82) is 0 Å². The third kappa shape index (κ3) is 4.26. The molecule has 0 unspecified atom stereocenters. The molecule has 30 heavy (non-hydrogen) atoms. The lowest BCUT2D eigenvalue weighted by Gasteiger charge is -2.26. The van der Waals surface area contributed by atoms with E-state index in [4.69, 9.17) is 21.7 Å². The highest BCUT2D eigenvalue weighted by atomic mass is 32.1. The number of aromatic nitrogens is 1. The van der Waals surface area contributed by atoms with Crippen molar-refractivity contribution in [3.63, 3.8) is 0 Å². The SMILES string of the molecule is CCNC(=S)N(CCc1ccccc1C)Cc1cc2cc3c(cc2[nH]c1=O)OCO3. The number of H-pyrrole nitrogens is 1.